The van der Waals surface area contributed by atoms with Gasteiger partial charge in [-0.2, -0.15) is 0 Å². The molecule has 0 saturated heterocycles. The van der Waals surface area contributed by atoms with E-state index in [0.717, 1.165) is 34.3 Å². The minimum absolute atomic E-state index is 0.237. The molecule has 1 amide bonds. The normalized spacial score (nSPS) is 15.6. The highest BCUT2D eigenvalue weighted by molar-refractivity contribution is 9.10. The summed E-state index contributed by atoms with van der Waals surface area (Å²) in [6, 6.07) is 6.87. The monoisotopic (exact) mass is 446 g/mol. The number of hydrogen-bond acceptors (Lipinski definition) is 4. The van der Waals surface area contributed by atoms with Crippen molar-refractivity contribution in [2.24, 2.45) is 0 Å². The lowest BCUT2D eigenvalue weighted by molar-refractivity contribution is -0.119. The maximum absolute atomic E-state index is 12.2. The highest BCUT2D eigenvalue weighted by atomic mass is 79.9. The highest BCUT2D eigenvalue weighted by Gasteiger charge is 2.21. The van der Waals surface area contributed by atoms with Gasteiger partial charge in [0.05, 0.1) is 18.0 Å². The van der Waals surface area contributed by atoms with E-state index in [4.69, 9.17) is 4.74 Å². The first kappa shape index (κ1) is 21.2. The fourth-order valence-corrected chi connectivity index (χ4v) is 4.23. The van der Waals surface area contributed by atoms with Gasteiger partial charge in [0.1, 0.15) is 6.54 Å². The average molecular weight is 447 g/mol. The van der Waals surface area contributed by atoms with E-state index in [1.165, 1.54) is 19.3 Å². The fraction of sp³-hybridized carbons (Fsp3) is 0.611. The van der Waals surface area contributed by atoms with E-state index in [-0.39, 0.29) is 12.5 Å². The van der Waals surface area contributed by atoms with Gasteiger partial charge < -0.3 is 10.1 Å². The Balaban J connectivity index is 1.76. The third kappa shape index (κ3) is 7.25. The number of anilines is 1. The van der Waals surface area contributed by atoms with Gasteiger partial charge in [-0.3, -0.25) is 9.10 Å². The van der Waals surface area contributed by atoms with Crippen molar-refractivity contribution in [3.05, 3.63) is 28.7 Å². The number of rotatable bonds is 9. The number of nitrogens with zero attached hydrogens (tertiary/aromatic N) is 1. The maximum Gasteiger partial charge on any atom is 0.240 e. The molecule has 0 heterocycles. The molecule has 1 aliphatic carbocycles. The topological polar surface area (TPSA) is 75.7 Å². The molecule has 1 saturated carbocycles. The summed E-state index contributed by atoms with van der Waals surface area (Å²) in [5.41, 5.74) is 0.456. The molecule has 0 atom stereocenters. The fourth-order valence-electron chi connectivity index (χ4n) is 3.00. The number of carbonyl (C=O) groups excluding carboxylic acids is 1. The number of ether oxygens (including phenoxy) is 1. The van der Waals surface area contributed by atoms with E-state index in [0.29, 0.717) is 24.9 Å². The zero-order chi connectivity index (χ0) is 19.0. The van der Waals surface area contributed by atoms with Gasteiger partial charge in [-0.05, 0) is 37.5 Å². The van der Waals surface area contributed by atoms with Gasteiger partial charge in [0, 0.05) is 17.6 Å². The molecule has 26 heavy (non-hydrogen) atoms. The van der Waals surface area contributed by atoms with E-state index in [9.17, 15) is 13.2 Å². The van der Waals surface area contributed by atoms with Crippen molar-refractivity contribution in [2.45, 2.75) is 44.6 Å². The standard InChI is InChI=1S/C18H27BrN2O4S/c1-26(23,24)21(16-8-5-7-15(19)13-16)14-18(22)20-11-6-12-25-17-9-3-2-4-10-17/h5,7-8,13,17H,2-4,6,9-12,14H2,1H3,(H,20,22). The van der Waals surface area contributed by atoms with Gasteiger partial charge >= 0.3 is 0 Å². The van der Waals surface area contributed by atoms with Gasteiger partial charge in [-0.25, -0.2) is 8.42 Å². The van der Waals surface area contributed by atoms with E-state index in [1.54, 1.807) is 24.3 Å². The minimum atomic E-state index is -3.55. The van der Waals surface area contributed by atoms with E-state index >= 15 is 0 Å². The van der Waals surface area contributed by atoms with Crippen LogP contribution in [0, 0.1) is 0 Å². The first-order valence-electron chi connectivity index (χ1n) is 8.98. The Kier molecular flexibility index (Phi) is 8.37. The molecule has 1 N–H and O–H groups in total. The zero-order valence-corrected chi connectivity index (χ0v) is 17.5. The second-order valence-corrected chi connectivity index (χ2v) is 9.41. The van der Waals surface area contributed by atoms with Crippen molar-refractivity contribution in [2.75, 3.05) is 30.3 Å². The van der Waals surface area contributed by atoms with Gasteiger partial charge in [0.15, 0.2) is 0 Å². The summed E-state index contributed by atoms with van der Waals surface area (Å²) >= 11 is 3.32. The molecule has 1 aliphatic rings. The molecule has 0 unspecified atom stereocenters. The van der Waals surface area contributed by atoms with E-state index < -0.39 is 10.0 Å². The third-order valence-corrected chi connectivity index (χ3v) is 5.97. The molecule has 0 spiro atoms. The van der Waals surface area contributed by atoms with E-state index in [1.807, 2.05) is 0 Å². The van der Waals surface area contributed by atoms with Crippen molar-refractivity contribution >= 4 is 37.5 Å². The Bertz CT molecular complexity index is 690. The number of amides is 1. The number of hydrogen-bond donors (Lipinski definition) is 1. The molecule has 146 valence electrons. The number of carbonyl (C=O) groups is 1. The van der Waals surface area contributed by atoms with Crippen LogP contribution in [0.5, 0.6) is 0 Å². The lowest BCUT2D eigenvalue weighted by atomic mass is 9.98. The summed E-state index contributed by atoms with van der Waals surface area (Å²) in [5, 5.41) is 2.77. The van der Waals surface area contributed by atoms with Crippen LogP contribution in [0.15, 0.2) is 28.7 Å². The first-order valence-corrected chi connectivity index (χ1v) is 11.6. The molecule has 0 aliphatic heterocycles. The maximum atomic E-state index is 12.2. The van der Waals surface area contributed by atoms with Gasteiger partial charge in [-0.15, -0.1) is 0 Å². The van der Waals surface area contributed by atoms with Crippen LogP contribution in [0.3, 0.4) is 0 Å². The van der Waals surface area contributed by atoms with Crippen molar-refractivity contribution in [1.29, 1.82) is 0 Å². The smallest absolute Gasteiger partial charge is 0.240 e. The lowest BCUT2D eigenvalue weighted by Crippen LogP contribution is -2.40. The van der Waals surface area contributed by atoms with Crippen LogP contribution in [0.4, 0.5) is 5.69 Å². The predicted molar refractivity (Wildman–Crippen MR) is 107 cm³/mol. The minimum Gasteiger partial charge on any atom is -0.378 e. The third-order valence-electron chi connectivity index (χ3n) is 4.33. The molecule has 8 heteroatoms. The van der Waals surface area contributed by atoms with Crippen LogP contribution in [-0.4, -0.2) is 46.4 Å². The Morgan fingerprint density at radius 3 is 2.69 bits per heavy atom. The first-order chi connectivity index (χ1) is 12.4. The summed E-state index contributed by atoms with van der Waals surface area (Å²) in [7, 11) is -3.55. The van der Waals surface area contributed by atoms with E-state index in [2.05, 4.69) is 21.2 Å². The van der Waals surface area contributed by atoms with Crippen LogP contribution in [0.1, 0.15) is 38.5 Å². The molecular formula is C18H27BrN2O4S. The number of benzene rings is 1. The van der Waals surface area contributed by atoms with Gasteiger partial charge in [0.25, 0.3) is 0 Å². The van der Waals surface area contributed by atoms with Crippen molar-refractivity contribution in [1.82, 2.24) is 5.32 Å². The van der Waals surface area contributed by atoms with Gasteiger partial charge in [0.2, 0.25) is 15.9 Å². The van der Waals surface area contributed by atoms with Crippen LogP contribution < -0.4 is 9.62 Å². The molecule has 0 radical (unpaired) electrons. The number of halogens is 1. The largest absolute Gasteiger partial charge is 0.378 e. The quantitative estimate of drug-likeness (QED) is 0.591. The molecule has 1 aromatic carbocycles. The van der Waals surface area contributed by atoms with Crippen molar-refractivity contribution < 1.29 is 17.9 Å². The van der Waals surface area contributed by atoms with Crippen LogP contribution in [0.25, 0.3) is 0 Å². The van der Waals surface area contributed by atoms with Crippen LogP contribution >= 0.6 is 15.9 Å². The summed E-state index contributed by atoms with van der Waals surface area (Å²) in [4.78, 5) is 12.2. The summed E-state index contributed by atoms with van der Waals surface area (Å²) < 4.78 is 31.8. The Morgan fingerprint density at radius 2 is 2.04 bits per heavy atom. The second-order valence-electron chi connectivity index (χ2n) is 6.58. The number of nitrogens with one attached hydrogen (secondary N) is 1. The van der Waals surface area contributed by atoms with Gasteiger partial charge in [-0.1, -0.05) is 41.3 Å². The number of sulfonamides is 1. The molecule has 2 rings (SSSR count). The highest BCUT2D eigenvalue weighted by Crippen LogP contribution is 2.22. The second kappa shape index (κ2) is 10.3. The molecular weight excluding hydrogens is 420 g/mol. The Morgan fingerprint density at radius 1 is 1.31 bits per heavy atom. The summed E-state index contributed by atoms with van der Waals surface area (Å²) in [6.07, 6.45) is 8.19. The Labute approximate surface area is 164 Å². The Hall–Kier alpha value is -1.12. The molecule has 1 aromatic rings. The average Bonchev–Trinajstić information content (AvgIpc) is 2.59. The molecule has 0 bridgehead atoms. The molecule has 0 aromatic heterocycles. The van der Waals surface area contributed by atoms with Crippen LogP contribution in [-0.2, 0) is 19.6 Å². The summed E-state index contributed by atoms with van der Waals surface area (Å²) in [5.74, 6) is -0.326. The van der Waals surface area contributed by atoms with Crippen LogP contribution in [0.2, 0.25) is 0 Å². The SMILES string of the molecule is CS(=O)(=O)N(CC(=O)NCCCOC1CCCCC1)c1cccc(Br)c1. The zero-order valence-electron chi connectivity index (χ0n) is 15.1. The molecule has 1 fully saturated rings. The lowest BCUT2D eigenvalue weighted by Gasteiger charge is -2.23. The van der Waals surface area contributed by atoms with Crippen molar-refractivity contribution in [3.63, 3.8) is 0 Å². The summed E-state index contributed by atoms with van der Waals surface area (Å²) in [6.45, 7) is 0.854. The predicted octanol–water partition coefficient (Wildman–Crippen LogP) is 3.07. The van der Waals surface area contributed by atoms with Crippen molar-refractivity contribution in [3.8, 4) is 0 Å². The molecule has 6 nitrogen and oxygen atoms in total.